The number of hydrogen-bond acceptors (Lipinski definition) is 2. The summed E-state index contributed by atoms with van der Waals surface area (Å²) in [4.78, 5) is 0. The van der Waals surface area contributed by atoms with E-state index in [4.69, 9.17) is 5.11 Å². The molecule has 0 aliphatic carbocycles. The molecule has 2 N–H and O–H groups in total. The molecule has 1 heterocycles. The fraction of sp³-hybridized carbons (Fsp3) is 1.00. The number of rotatable bonds is 1. The van der Waals surface area contributed by atoms with Crippen LogP contribution in [0.1, 0.15) is 27.2 Å². The fourth-order valence-electron chi connectivity index (χ4n) is 1.75. The molecular weight excluding hydrogens is 162 g/mol. The zero-order valence-electron chi connectivity index (χ0n) is 7.48. The zero-order valence-corrected chi connectivity index (χ0v) is 8.29. The first-order valence-corrected chi connectivity index (χ1v) is 3.83. The van der Waals surface area contributed by atoms with Crippen LogP contribution in [-0.4, -0.2) is 23.8 Å². The van der Waals surface area contributed by atoms with E-state index in [-0.39, 0.29) is 24.6 Å². The molecule has 0 aromatic carbocycles. The monoisotopic (exact) mass is 179 g/mol. The predicted octanol–water partition coefficient (Wildman–Crippen LogP) is 1.18. The molecule has 0 saturated carbocycles. The van der Waals surface area contributed by atoms with Gasteiger partial charge in [0, 0.05) is 12.1 Å². The van der Waals surface area contributed by atoms with Crippen LogP contribution < -0.4 is 5.32 Å². The Balaban J connectivity index is 0.000001000. The zero-order chi connectivity index (χ0) is 7.83. The van der Waals surface area contributed by atoms with E-state index in [2.05, 4.69) is 26.1 Å². The molecule has 1 fully saturated rings. The summed E-state index contributed by atoms with van der Waals surface area (Å²) in [6.07, 6.45) is 1.07. The molecule has 0 aromatic heterocycles. The highest BCUT2D eigenvalue weighted by Gasteiger charge is 2.38. The van der Waals surface area contributed by atoms with Crippen LogP contribution >= 0.6 is 12.4 Å². The van der Waals surface area contributed by atoms with Gasteiger partial charge in [-0.05, 0) is 18.8 Å². The molecule has 0 aromatic rings. The molecule has 1 unspecified atom stereocenters. The smallest absolute Gasteiger partial charge is 0.0610 e. The second-order valence-electron chi connectivity index (χ2n) is 4.41. The van der Waals surface area contributed by atoms with Gasteiger partial charge in [0.05, 0.1) is 6.61 Å². The van der Waals surface area contributed by atoms with Crippen LogP contribution in [0, 0.1) is 5.41 Å². The number of hydrogen-bond donors (Lipinski definition) is 2. The Morgan fingerprint density at radius 3 is 2.09 bits per heavy atom. The summed E-state index contributed by atoms with van der Waals surface area (Å²) in [5, 5.41) is 12.3. The van der Waals surface area contributed by atoms with Crippen LogP contribution in [0.15, 0.2) is 0 Å². The van der Waals surface area contributed by atoms with E-state index < -0.39 is 0 Å². The predicted molar refractivity (Wildman–Crippen MR) is 49.1 cm³/mol. The SMILES string of the molecule is CC1(C)CNC(C)(CO)C1.Cl. The van der Waals surface area contributed by atoms with E-state index in [1.54, 1.807) is 0 Å². The van der Waals surface area contributed by atoms with Gasteiger partial charge in [-0.2, -0.15) is 0 Å². The van der Waals surface area contributed by atoms with E-state index >= 15 is 0 Å². The summed E-state index contributed by atoms with van der Waals surface area (Å²) in [6, 6.07) is 0. The molecule has 1 aliphatic heterocycles. The van der Waals surface area contributed by atoms with Gasteiger partial charge in [0.1, 0.15) is 0 Å². The van der Waals surface area contributed by atoms with Gasteiger partial charge in [-0.15, -0.1) is 12.4 Å². The Morgan fingerprint density at radius 1 is 1.36 bits per heavy atom. The standard InChI is InChI=1S/C8H17NO.ClH/c1-7(2)4-8(3,6-10)9-5-7;/h9-10H,4-6H2,1-3H3;1H. The quantitative estimate of drug-likeness (QED) is 0.634. The molecule has 1 atom stereocenters. The Hall–Kier alpha value is 0.210. The first kappa shape index (κ1) is 11.2. The Bertz CT molecular complexity index is 138. The lowest BCUT2D eigenvalue weighted by atomic mass is 9.85. The summed E-state index contributed by atoms with van der Waals surface area (Å²) >= 11 is 0. The number of aliphatic hydroxyl groups is 1. The molecule has 1 aliphatic rings. The number of nitrogens with one attached hydrogen (secondary N) is 1. The van der Waals surface area contributed by atoms with Crippen molar-refractivity contribution in [3.05, 3.63) is 0 Å². The van der Waals surface area contributed by atoms with Gasteiger partial charge in [-0.25, -0.2) is 0 Å². The van der Waals surface area contributed by atoms with Gasteiger partial charge < -0.3 is 10.4 Å². The van der Waals surface area contributed by atoms with Gasteiger partial charge in [0.15, 0.2) is 0 Å². The fourth-order valence-corrected chi connectivity index (χ4v) is 1.75. The summed E-state index contributed by atoms with van der Waals surface area (Å²) in [7, 11) is 0. The average molecular weight is 180 g/mol. The van der Waals surface area contributed by atoms with Crippen LogP contribution in [0.3, 0.4) is 0 Å². The van der Waals surface area contributed by atoms with Crippen LogP contribution in [0.25, 0.3) is 0 Å². The third kappa shape index (κ3) is 2.62. The highest BCUT2D eigenvalue weighted by Crippen LogP contribution is 2.33. The van der Waals surface area contributed by atoms with Crippen molar-refractivity contribution >= 4 is 12.4 Å². The van der Waals surface area contributed by atoms with Crippen molar-refractivity contribution in [1.82, 2.24) is 5.32 Å². The second-order valence-corrected chi connectivity index (χ2v) is 4.41. The Kier molecular flexibility index (Phi) is 3.36. The summed E-state index contributed by atoms with van der Waals surface area (Å²) < 4.78 is 0. The molecule has 2 nitrogen and oxygen atoms in total. The molecule has 0 bridgehead atoms. The van der Waals surface area contributed by atoms with Crippen molar-refractivity contribution in [3.63, 3.8) is 0 Å². The third-order valence-corrected chi connectivity index (χ3v) is 2.21. The second kappa shape index (κ2) is 3.30. The van der Waals surface area contributed by atoms with E-state index in [1.807, 2.05) is 0 Å². The first-order valence-electron chi connectivity index (χ1n) is 3.83. The van der Waals surface area contributed by atoms with Crippen LogP contribution in [0.4, 0.5) is 0 Å². The maximum absolute atomic E-state index is 9.00. The highest BCUT2D eigenvalue weighted by atomic mass is 35.5. The lowest BCUT2D eigenvalue weighted by molar-refractivity contribution is 0.183. The van der Waals surface area contributed by atoms with Crippen LogP contribution in [0.5, 0.6) is 0 Å². The van der Waals surface area contributed by atoms with Gasteiger partial charge in [-0.1, -0.05) is 13.8 Å². The minimum atomic E-state index is -0.0243. The summed E-state index contributed by atoms with van der Waals surface area (Å²) in [5.41, 5.74) is 0.334. The number of aliphatic hydroxyl groups excluding tert-OH is 1. The van der Waals surface area contributed by atoms with Gasteiger partial charge >= 0.3 is 0 Å². The third-order valence-electron chi connectivity index (χ3n) is 2.21. The lowest BCUT2D eigenvalue weighted by Gasteiger charge is -2.22. The first-order chi connectivity index (χ1) is 4.47. The Morgan fingerprint density at radius 2 is 1.91 bits per heavy atom. The number of halogens is 1. The van der Waals surface area contributed by atoms with Gasteiger partial charge in [-0.3, -0.25) is 0 Å². The Labute approximate surface area is 74.8 Å². The molecule has 0 radical (unpaired) electrons. The topological polar surface area (TPSA) is 32.3 Å². The maximum Gasteiger partial charge on any atom is 0.0610 e. The van der Waals surface area contributed by atoms with Crippen molar-refractivity contribution in [1.29, 1.82) is 0 Å². The van der Waals surface area contributed by atoms with Crippen molar-refractivity contribution in [2.45, 2.75) is 32.7 Å². The van der Waals surface area contributed by atoms with E-state index in [0.717, 1.165) is 13.0 Å². The highest BCUT2D eigenvalue weighted by molar-refractivity contribution is 5.85. The van der Waals surface area contributed by atoms with E-state index in [0.29, 0.717) is 5.41 Å². The van der Waals surface area contributed by atoms with Crippen molar-refractivity contribution in [2.24, 2.45) is 5.41 Å². The molecular formula is C8H18ClNO. The largest absolute Gasteiger partial charge is 0.394 e. The normalized spacial score (nSPS) is 34.9. The van der Waals surface area contributed by atoms with Gasteiger partial charge in [0.2, 0.25) is 0 Å². The van der Waals surface area contributed by atoms with Crippen LogP contribution in [-0.2, 0) is 0 Å². The minimum absolute atomic E-state index is 0. The van der Waals surface area contributed by atoms with E-state index in [9.17, 15) is 0 Å². The van der Waals surface area contributed by atoms with Gasteiger partial charge in [0.25, 0.3) is 0 Å². The minimum Gasteiger partial charge on any atom is -0.394 e. The molecule has 0 amide bonds. The molecule has 1 saturated heterocycles. The van der Waals surface area contributed by atoms with Crippen molar-refractivity contribution in [2.75, 3.05) is 13.2 Å². The maximum atomic E-state index is 9.00. The molecule has 3 heteroatoms. The van der Waals surface area contributed by atoms with Crippen LogP contribution in [0.2, 0.25) is 0 Å². The van der Waals surface area contributed by atoms with Crippen molar-refractivity contribution in [3.8, 4) is 0 Å². The molecule has 11 heavy (non-hydrogen) atoms. The lowest BCUT2D eigenvalue weighted by Crippen LogP contribution is -2.39. The molecule has 0 spiro atoms. The van der Waals surface area contributed by atoms with Crippen molar-refractivity contribution < 1.29 is 5.11 Å². The summed E-state index contributed by atoms with van der Waals surface area (Å²) in [5.74, 6) is 0. The average Bonchev–Trinajstić information content (AvgIpc) is 2.08. The summed E-state index contributed by atoms with van der Waals surface area (Å²) in [6.45, 7) is 7.78. The molecule has 68 valence electrons. The molecule has 1 rings (SSSR count). The van der Waals surface area contributed by atoms with E-state index in [1.165, 1.54) is 0 Å².